The Morgan fingerprint density at radius 1 is 1.58 bits per heavy atom. The molecule has 1 aliphatic rings. The fourth-order valence-electron chi connectivity index (χ4n) is 1.63. The molecule has 0 aromatic carbocycles. The molecule has 0 saturated heterocycles. The van der Waals surface area contributed by atoms with Crippen LogP contribution >= 0.6 is 0 Å². The molecule has 0 spiro atoms. The molecule has 1 aliphatic carbocycles. The van der Waals surface area contributed by atoms with Crippen LogP contribution in [0.3, 0.4) is 0 Å². The smallest absolute Gasteiger partial charge is 0.289 e. The maximum Gasteiger partial charge on any atom is 0.289 e. The Kier molecular flexibility index (Phi) is 2.71. The molecule has 0 amide bonds. The van der Waals surface area contributed by atoms with E-state index >= 15 is 0 Å². The number of nitrogens with zero attached hydrogens (tertiary/aromatic N) is 2. The summed E-state index contributed by atoms with van der Waals surface area (Å²) in [5.41, 5.74) is -0.253. The number of hydrogen-bond donors (Lipinski definition) is 1. The van der Waals surface area contributed by atoms with Gasteiger partial charge in [-0.15, -0.1) is 0 Å². The minimum atomic E-state index is -0.253. The number of aliphatic hydroxyl groups excluding tert-OH is 1. The third-order valence-electron chi connectivity index (χ3n) is 2.40. The Balaban J connectivity index is 2.60. The summed E-state index contributed by atoms with van der Waals surface area (Å²) in [5.74, 6) is 0. The zero-order valence-corrected chi connectivity index (χ0v) is 7.75. The van der Waals surface area contributed by atoms with Gasteiger partial charge in [-0.25, -0.2) is 11.5 Å². The van der Waals surface area contributed by atoms with Gasteiger partial charge in [0.25, 0.3) is 5.66 Å². The number of hydrogen-bond acceptors (Lipinski definition) is 2. The topological polar surface area (TPSA) is 27.8 Å². The van der Waals surface area contributed by atoms with Crippen molar-refractivity contribution in [2.45, 2.75) is 38.4 Å². The highest BCUT2D eigenvalue weighted by Crippen LogP contribution is 2.43. The zero-order chi connectivity index (χ0) is 9.19. The first-order valence-electron chi connectivity index (χ1n) is 4.42. The molecule has 1 N–H and O–H groups in total. The Morgan fingerprint density at radius 3 is 2.42 bits per heavy atom. The second kappa shape index (κ2) is 3.42. The van der Waals surface area contributed by atoms with E-state index in [2.05, 4.69) is 23.6 Å². The Labute approximate surface area is 73.8 Å². The molecule has 0 aromatic heterocycles. The van der Waals surface area contributed by atoms with Gasteiger partial charge >= 0.3 is 0 Å². The molecule has 68 valence electrons. The minimum absolute atomic E-state index is 0.148. The van der Waals surface area contributed by atoms with E-state index in [9.17, 15) is 0 Å². The van der Waals surface area contributed by atoms with Crippen molar-refractivity contribution in [1.82, 2.24) is 4.90 Å². The summed E-state index contributed by atoms with van der Waals surface area (Å²) in [5, 5.41) is 8.83. The summed E-state index contributed by atoms with van der Waals surface area (Å²) in [7, 11) is 0. The zero-order valence-electron chi connectivity index (χ0n) is 7.75. The summed E-state index contributed by atoms with van der Waals surface area (Å²) in [6.45, 7) is 12.0. The minimum Gasteiger partial charge on any atom is -0.395 e. The van der Waals surface area contributed by atoms with Crippen LogP contribution < -0.4 is 0 Å². The van der Waals surface area contributed by atoms with E-state index in [1.54, 1.807) is 0 Å². The fourth-order valence-corrected chi connectivity index (χ4v) is 1.63. The summed E-state index contributed by atoms with van der Waals surface area (Å²) in [6, 6.07) is 0.355. The van der Waals surface area contributed by atoms with Crippen LogP contribution in [0.1, 0.15) is 26.7 Å². The highest BCUT2D eigenvalue weighted by molar-refractivity contribution is 5.10. The van der Waals surface area contributed by atoms with Crippen molar-refractivity contribution < 1.29 is 5.11 Å². The standard InChI is InChI=1S/C9H16N2O/c1-8(2)11(6-7-12)9(10-3)4-5-9/h8,12H,4-7H2,1-2H3. The van der Waals surface area contributed by atoms with Crippen molar-refractivity contribution in [3.8, 4) is 0 Å². The Bertz CT molecular complexity index is 191. The normalized spacial score (nSPS) is 19.7. The van der Waals surface area contributed by atoms with Gasteiger partial charge < -0.3 is 5.11 Å². The van der Waals surface area contributed by atoms with Gasteiger partial charge in [0.05, 0.1) is 19.4 Å². The summed E-state index contributed by atoms with van der Waals surface area (Å²) in [4.78, 5) is 5.73. The van der Waals surface area contributed by atoms with Gasteiger partial charge in [0.15, 0.2) is 0 Å². The van der Waals surface area contributed by atoms with Crippen LogP contribution in [0.15, 0.2) is 0 Å². The molecule has 1 fully saturated rings. The Morgan fingerprint density at radius 2 is 2.17 bits per heavy atom. The van der Waals surface area contributed by atoms with Gasteiger partial charge in [-0.3, -0.25) is 4.85 Å². The van der Waals surface area contributed by atoms with Crippen LogP contribution in [0.4, 0.5) is 0 Å². The summed E-state index contributed by atoms with van der Waals surface area (Å²) < 4.78 is 0. The molecule has 1 saturated carbocycles. The Hall–Kier alpha value is -0.590. The molecule has 0 heterocycles. The van der Waals surface area contributed by atoms with E-state index in [4.69, 9.17) is 11.7 Å². The van der Waals surface area contributed by atoms with Crippen LogP contribution in [0.2, 0.25) is 0 Å². The lowest BCUT2D eigenvalue weighted by Crippen LogP contribution is -2.42. The molecule has 0 radical (unpaired) electrons. The van der Waals surface area contributed by atoms with Gasteiger partial charge in [-0.2, -0.15) is 0 Å². The van der Waals surface area contributed by atoms with Crippen LogP contribution in [0, 0.1) is 6.57 Å². The molecule has 0 unspecified atom stereocenters. The van der Waals surface area contributed by atoms with E-state index in [1.165, 1.54) is 0 Å². The molecule has 3 nitrogen and oxygen atoms in total. The van der Waals surface area contributed by atoms with Crippen molar-refractivity contribution in [2.24, 2.45) is 0 Å². The van der Waals surface area contributed by atoms with E-state index in [-0.39, 0.29) is 12.3 Å². The highest BCUT2D eigenvalue weighted by atomic mass is 16.3. The lowest BCUT2D eigenvalue weighted by molar-refractivity contribution is 0.126. The van der Waals surface area contributed by atoms with Gasteiger partial charge in [0, 0.05) is 12.6 Å². The first-order chi connectivity index (χ1) is 5.66. The van der Waals surface area contributed by atoms with Crippen molar-refractivity contribution in [3.05, 3.63) is 11.4 Å². The summed E-state index contributed by atoms with van der Waals surface area (Å²) in [6.07, 6.45) is 1.93. The average molecular weight is 168 g/mol. The SMILES string of the molecule is [C-]#[N+]C1(N(CCO)C(C)C)CC1. The van der Waals surface area contributed by atoms with Crippen LogP contribution in [-0.4, -0.2) is 34.9 Å². The van der Waals surface area contributed by atoms with Crippen molar-refractivity contribution in [3.63, 3.8) is 0 Å². The maximum atomic E-state index is 8.83. The summed E-state index contributed by atoms with van der Waals surface area (Å²) >= 11 is 0. The molecule has 0 aliphatic heterocycles. The molecule has 12 heavy (non-hydrogen) atoms. The third kappa shape index (κ3) is 1.60. The lowest BCUT2D eigenvalue weighted by Gasteiger charge is -2.26. The monoisotopic (exact) mass is 168 g/mol. The first kappa shape index (κ1) is 9.50. The van der Waals surface area contributed by atoms with Crippen LogP contribution in [0.5, 0.6) is 0 Å². The molecule has 0 aromatic rings. The van der Waals surface area contributed by atoms with Gasteiger partial charge in [0.2, 0.25) is 0 Å². The van der Waals surface area contributed by atoms with E-state index in [0.29, 0.717) is 12.6 Å². The predicted octanol–water partition coefficient (Wildman–Crippen LogP) is 1.10. The van der Waals surface area contributed by atoms with Crippen LogP contribution in [-0.2, 0) is 0 Å². The number of aliphatic hydroxyl groups is 1. The lowest BCUT2D eigenvalue weighted by atomic mass is 10.2. The van der Waals surface area contributed by atoms with Gasteiger partial charge in [0.1, 0.15) is 0 Å². The van der Waals surface area contributed by atoms with Crippen molar-refractivity contribution in [1.29, 1.82) is 0 Å². The molecule has 1 rings (SSSR count). The van der Waals surface area contributed by atoms with Gasteiger partial charge in [-0.05, 0) is 13.8 Å². The van der Waals surface area contributed by atoms with Gasteiger partial charge in [-0.1, -0.05) is 0 Å². The largest absolute Gasteiger partial charge is 0.395 e. The molecule has 0 atom stereocenters. The quantitative estimate of drug-likeness (QED) is 0.636. The molecular formula is C9H16N2O. The number of rotatable bonds is 4. The van der Waals surface area contributed by atoms with E-state index in [0.717, 1.165) is 12.8 Å². The highest BCUT2D eigenvalue weighted by Gasteiger charge is 2.56. The average Bonchev–Trinajstić information content (AvgIpc) is 2.80. The van der Waals surface area contributed by atoms with E-state index in [1.807, 2.05) is 0 Å². The van der Waals surface area contributed by atoms with Crippen LogP contribution in [0.25, 0.3) is 4.85 Å². The molecular weight excluding hydrogens is 152 g/mol. The second-order valence-electron chi connectivity index (χ2n) is 3.61. The first-order valence-corrected chi connectivity index (χ1v) is 4.42. The second-order valence-corrected chi connectivity index (χ2v) is 3.61. The van der Waals surface area contributed by atoms with E-state index < -0.39 is 0 Å². The fraction of sp³-hybridized carbons (Fsp3) is 0.889. The molecule has 0 bridgehead atoms. The third-order valence-corrected chi connectivity index (χ3v) is 2.40. The van der Waals surface area contributed by atoms with Crippen molar-refractivity contribution >= 4 is 0 Å². The predicted molar refractivity (Wildman–Crippen MR) is 47.5 cm³/mol. The molecule has 3 heteroatoms. The maximum absolute atomic E-state index is 8.83. The van der Waals surface area contributed by atoms with Crippen molar-refractivity contribution in [2.75, 3.05) is 13.2 Å².